The van der Waals surface area contributed by atoms with Crippen molar-refractivity contribution < 1.29 is 23.4 Å². The van der Waals surface area contributed by atoms with Gasteiger partial charge in [-0.25, -0.2) is 4.79 Å². The van der Waals surface area contributed by atoms with E-state index in [4.69, 9.17) is 18.6 Å². The Hall–Kier alpha value is -3.28. The van der Waals surface area contributed by atoms with Gasteiger partial charge in [0.1, 0.15) is 23.3 Å². The smallest absolute Gasteiger partial charge is 0.347 e. The lowest BCUT2D eigenvalue weighted by molar-refractivity contribution is -0.151. The minimum Gasteiger partial charge on any atom is -0.479 e. The molecule has 0 unspecified atom stereocenters. The average Bonchev–Trinajstić information content (AvgIpc) is 2.71. The van der Waals surface area contributed by atoms with Crippen molar-refractivity contribution in [2.75, 3.05) is 6.61 Å². The monoisotopic (exact) mass is 410 g/mol. The van der Waals surface area contributed by atoms with Gasteiger partial charge in [0.15, 0.2) is 6.10 Å². The summed E-state index contributed by atoms with van der Waals surface area (Å²) < 4.78 is 22.3. The molecule has 2 aromatic carbocycles. The lowest BCUT2D eigenvalue weighted by Crippen LogP contribution is -2.28. The first-order valence-corrected chi connectivity index (χ1v) is 9.98. The van der Waals surface area contributed by atoms with E-state index in [-0.39, 0.29) is 17.8 Å². The van der Waals surface area contributed by atoms with Crippen LogP contribution in [0.3, 0.4) is 0 Å². The van der Waals surface area contributed by atoms with Gasteiger partial charge in [-0.05, 0) is 69.0 Å². The zero-order valence-corrected chi connectivity index (χ0v) is 17.9. The first kappa shape index (κ1) is 21.4. The Morgan fingerprint density at radius 1 is 1.07 bits per heavy atom. The normalized spacial score (nSPS) is 11.9. The summed E-state index contributed by atoms with van der Waals surface area (Å²) in [7, 11) is 0. The molecule has 0 spiro atoms. The highest BCUT2D eigenvalue weighted by molar-refractivity contribution is 5.79. The molecule has 158 valence electrons. The number of ether oxygens (including phenoxy) is 3. The number of carbonyl (C=O) groups is 1. The number of hydrogen-bond donors (Lipinski definition) is 0. The van der Waals surface area contributed by atoms with Crippen LogP contribution in [-0.4, -0.2) is 18.7 Å². The zero-order valence-electron chi connectivity index (χ0n) is 17.9. The van der Waals surface area contributed by atoms with Crippen LogP contribution >= 0.6 is 0 Å². The van der Waals surface area contributed by atoms with E-state index in [0.29, 0.717) is 28.9 Å². The number of carbonyl (C=O) groups excluding carboxylic acids is 1. The molecule has 0 amide bonds. The van der Waals surface area contributed by atoms with Crippen molar-refractivity contribution in [2.24, 2.45) is 0 Å². The number of esters is 1. The summed E-state index contributed by atoms with van der Waals surface area (Å²) in [6.45, 7) is 9.79. The third-order valence-corrected chi connectivity index (χ3v) is 4.90. The van der Waals surface area contributed by atoms with Gasteiger partial charge in [-0.3, -0.25) is 4.79 Å². The molecule has 3 rings (SSSR count). The Balaban J connectivity index is 1.90. The molecule has 0 bridgehead atoms. The van der Waals surface area contributed by atoms with Crippen molar-refractivity contribution in [3.05, 3.63) is 63.5 Å². The highest BCUT2D eigenvalue weighted by atomic mass is 16.6. The summed E-state index contributed by atoms with van der Waals surface area (Å²) in [5.74, 6) is 0.736. The van der Waals surface area contributed by atoms with Gasteiger partial charge in [0, 0.05) is 6.07 Å². The molecule has 3 aromatic rings. The maximum absolute atomic E-state index is 12.9. The fraction of sp³-hybridized carbons (Fsp3) is 0.333. The highest BCUT2D eigenvalue weighted by Gasteiger charge is 2.20. The van der Waals surface area contributed by atoms with Crippen molar-refractivity contribution in [1.82, 2.24) is 0 Å². The molecule has 1 aromatic heterocycles. The summed E-state index contributed by atoms with van der Waals surface area (Å²) in [6.07, 6.45) is 1.04. The maximum Gasteiger partial charge on any atom is 0.347 e. The molecule has 0 saturated carbocycles. The second-order valence-corrected chi connectivity index (χ2v) is 7.16. The molecule has 0 N–H and O–H groups in total. The van der Waals surface area contributed by atoms with Gasteiger partial charge in [0.05, 0.1) is 12.0 Å². The fourth-order valence-corrected chi connectivity index (χ4v) is 3.16. The van der Waals surface area contributed by atoms with Gasteiger partial charge >= 0.3 is 5.97 Å². The summed E-state index contributed by atoms with van der Waals surface area (Å²) in [5, 5.41) is 0.367. The molecule has 0 aliphatic heterocycles. The number of rotatable bonds is 7. The molecule has 1 heterocycles. The standard InChI is InChI=1S/C24H26O6/c1-6-19(24(26)27-7-2)29-17-8-9-18-21(12-17)28-13-22(23(18)25)30-20-11-14(3)10-15(4)16(20)5/h8-13,19H,6-7H2,1-5H3/t19-/m1/s1. The molecule has 0 aliphatic carbocycles. The predicted octanol–water partition coefficient (Wildman–Crippen LogP) is 5.23. The largest absolute Gasteiger partial charge is 0.479 e. The molecular formula is C24H26O6. The van der Waals surface area contributed by atoms with Crippen LogP contribution in [0.5, 0.6) is 17.2 Å². The van der Waals surface area contributed by atoms with E-state index in [1.165, 1.54) is 6.26 Å². The molecule has 1 atom stereocenters. The fourth-order valence-electron chi connectivity index (χ4n) is 3.16. The van der Waals surface area contributed by atoms with E-state index in [2.05, 4.69) is 6.07 Å². The van der Waals surface area contributed by atoms with Gasteiger partial charge in [0.25, 0.3) is 0 Å². The van der Waals surface area contributed by atoms with E-state index >= 15 is 0 Å². The minimum atomic E-state index is -0.718. The van der Waals surface area contributed by atoms with E-state index in [1.807, 2.05) is 33.8 Å². The van der Waals surface area contributed by atoms with Crippen LogP contribution < -0.4 is 14.9 Å². The Labute approximate surface area is 175 Å². The number of hydrogen-bond acceptors (Lipinski definition) is 6. The highest BCUT2D eigenvalue weighted by Crippen LogP contribution is 2.29. The molecular weight excluding hydrogens is 384 g/mol. The Kier molecular flexibility index (Phi) is 6.45. The predicted molar refractivity (Wildman–Crippen MR) is 115 cm³/mol. The Morgan fingerprint density at radius 3 is 2.53 bits per heavy atom. The SMILES string of the molecule is CCOC(=O)[C@@H](CC)Oc1ccc2c(=O)c(Oc3cc(C)cc(C)c3C)coc2c1. The number of aryl methyl sites for hydroxylation is 2. The van der Waals surface area contributed by atoms with Crippen LogP contribution in [0.2, 0.25) is 0 Å². The molecule has 0 aliphatic rings. The van der Waals surface area contributed by atoms with Crippen LogP contribution in [0.4, 0.5) is 0 Å². The maximum atomic E-state index is 12.9. The van der Waals surface area contributed by atoms with Crippen molar-refractivity contribution in [2.45, 2.75) is 47.1 Å². The number of fused-ring (bicyclic) bond motifs is 1. The molecule has 0 fully saturated rings. The van der Waals surface area contributed by atoms with Crippen molar-refractivity contribution in [3.63, 3.8) is 0 Å². The van der Waals surface area contributed by atoms with Crippen molar-refractivity contribution in [1.29, 1.82) is 0 Å². The summed E-state index contributed by atoms with van der Waals surface area (Å²) in [5.41, 5.74) is 3.17. The average molecular weight is 410 g/mol. The van der Waals surface area contributed by atoms with E-state index in [9.17, 15) is 9.59 Å². The quantitative estimate of drug-likeness (QED) is 0.497. The first-order chi connectivity index (χ1) is 14.3. The molecule has 6 nitrogen and oxygen atoms in total. The third-order valence-electron chi connectivity index (χ3n) is 4.90. The van der Waals surface area contributed by atoms with Crippen LogP contribution in [0.1, 0.15) is 37.0 Å². The molecule has 6 heteroatoms. The molecule has 30 heavy (non-hydrogen) atoms. The third kappa shape index (κ3) is 4.48. The second-order valence-electron chi connectivity index (χ2n) is 7.16. The van der Waals surface area contributed by atoms with Crippen LogP contribution in [0, 0.1) is 20.8 Å². The minimum absolute atomic E-state index is 0.113. The van der Waals surface area contributed by atoms with Crippen LogP contribution in [-0.2, 0) is 9.53 Å². The summed E-state index contributed by atoms with van der Waals surface area (Å²) in [4.78, 5) is 24.8. The molecule has 0 saturated heterocycles. The van der Waals surface area contributed by atoms with Crippen molar-refractivity contribution >= 4 is 16.9 Å². The van der Waals surface area contributed by atoms with Gasteiger partial charge in [0.2, 0.25) is 11.2 Å². The van der Waals surface area contributed by atoms with E-state index in [0.717, 1.165) is 16.7 Å². The summed E-state index contributed by atoms with van der Waals surface area (Å²) in [6, 6.07) is 8.78. The summed E-state index contributed by atoms with van der Waals surface area (Å²) >= 11 is 0. The lowest BCUT2D eigenvalue weighted by atomic mass is 10.1. The second kappa shape index (κ2) is 9.03. The Morgan fingerprint density at radius 2 is 1.83 bits per heavy atom. The Bertz CT molecular complexity index is 1130. The topological polar surface area (TPSA) is 75.0 Å². The number of benzene rings is 2. The molecule has 0 radical (unpaired) electrons. The van der Waals surface area contributed by atoms with Crippen LogP contribution in [0.15, 0.2) is 45.8 Å². The lowest BCUT2D eigenvalue weighted by Gasteiger charge is -2.16. The van der Waals surface area contributed by atoms with Crippen LogP contribution in [0.25, 0.3) is 11.0 Å². The van der Waals surface area contributed by atoms with Gasteiger partial charge < -0.3 is 18.6 Å². The first-order valence-electron chi connectivity index (χ1n) is 9.98. The zero-order chi connectivity index (χ0) is 21.8. The van der Waals surface area contributed by atoms with Crippen molar-refractivity contribution in [3.8, 4) is 17.2 Å². The van der Waals surface area contributed by atoms with E-state index in [1.54, 1.807) is 25.1 Å². The van der Waals surface area contributed by atoms with E-state index < -0.39 is 12.1 Å². The van der Waals surface area contributed by atoms with Gasteiger partial charge in [-0.15, -0.1) is 0 Å². The van der Waals surface area contributed by atoms with Gasteiger partial charge in [-0.2, -0.15) is 0 Å². The van der Waals surface area contributed by atoms with Gasteiger partial charge in [-0.1, -0.05) is 13.0 Å².